The van der Waals surface area contributed by atoms with E-state index >= 15 is 0 Å². The molecule has 0 fully saturated rings. The lowest BCUT2D eigenvalue weighted by Gasteiger charge is -2.13. The standard InChI is InChI=1S/C11H15N5O/c1-8(7-16-5-3-4-13-16)14-11(17)10-6-12-15-9(10)2/h3-6,8H,7H2,1-2H3,(H,12,15)(H,14,17). The molecule has 2 N–H and O–H groups in total. The Morgan fingerprint density at radius 2 is 2.47 bits per heavy atom. The molecule has 0 radical (unpaired) electrons. The largest absolute Gasteiger partial charge is 0.348 e. The summed E-state index contributed by atoms with van der Waals surface area (Å²) in [6.45, 7) is 4.41. The zero-order chi connectivity index (χ0) is 12.3. The lowest BCUT2D eigenvalue weighted by molar-refractivity contribution is 0.0935. The van der Waals surface area contributed by atoms with Crippen molar-refractivity contribution in [2.45, 2.75) is 26.4 Å². The van der Waals surface area contributed by atoms with Crippen molar-refractivity contribution in [3.63, 3.8) is 0 Å². The van der Waals surface area contributed by atoms with Gasteiger partial charge in [0.05, 0.1) is 18.3 Å². The summed E-state index contributed by atoms with van der Waals surface area (Å²) in [6.07, 6.45) is 5.12. The van der Waals surface area contributed by atoms with Gasteiger partial charge >= 0.3 is 0 Å². The Morgan fingerprint density at radius 1 is 1.65 bits per heavy atom. The van der Waals surface area contributed by atoms with Crippen molar-refractivity contribution in [3.8, 4) is 0 Å². The van der Waals surface area contributed by atoms with E-state index in [2.05, 4.69) is 20.6 Å². The monoisotopic (exact) mass is 233 g/mol. The first-order valence-corrected chi connectivity index (χ1v) is 5.45. The van der Waals surface area contributed by atoms with E-state index in [1.165, 1.54) is 6.20 Å². The maximum absolute atomic E-state index is 11.9. The fourth-order valence-corrected chi connectivity index (χ4v) is 1.62. The first-order chi connectivity index (χ1) is 8.16. The van der Waals surface area contributed by atoms with Crippen LogP contribution in [-0.2, 0) is 6.54 Å². The van der Waals surface area contributed by atoms with Gasteiger partial charge in [-0.25, -0.2) is 0 Å². The number of nitrogens with zero attached hydrogens (tertiary/aromatic N) is 3. The van der Waals surface area contributed by atoms with Crippen LogP contribution in [-0.4, -0.2) is 31.9 Å². The topological polar surface area (TPSA) is 75.6 Å². The van der Waals surface area contributed by atoms with Crippen molar-refractivity contribution in [1.29, 1.82) is 0 Å². The van der Waals surface area contributed by atoms with Gasteiger partial charge in [0.15, 0.2) is 0 Å². The lowest BCUT2D eigenvalue weighted by Crippen LogP contribution is -2.35. The number of carbonyl (C=O) groups excluding carboxylic acids is 1. The molecule has 0 saturated carbocycles. The van der Waals surface area contributed by atoms with Gasteiger partial charge in [0.2, 0.25) is 0 Å². The van der Waals surface area contributed by atoms with Crippen LogP contribution in [0, 0.1) is 6.92 Å². The van der Waals surface area contributed by atoms with E-state index in [-0.39, 0.29) is 11.9 Å². The smallest absolute Gasteiger partial charge is 0.255 e. The van der Waals surface area contributed by atoms with Crippen LogP contribution in [0.15, 0.2) is 24.7 Å². The summed E-state index contributed by atoms with van der Waals surface area (Å²) in [5.41, 5.74) is 1.35. The SMILES string of the molecule is Cc1[nH]ncc1C(=O)NC(C)Cn1cccn1. The molecule has 0 aliphatic heterocycles. The molecule has 1 unspecified atom stereocenters. The van der Waals surface area contributed by atoms with Crippen molar-refractivity contribution < 1.29 is 4.79 Å². The van der Waals surface area contributed by atoms with Gasteiger partial charge in [0.25, 0.3) is 5.91 Å². The molecule has 2 heterocycles. The van der Waals surface area contributed by atoms with Crippen molar-refractivity contribution in [3.05, 3.63) is 35.9 Å². The summed E-state index contributed by atoms with van der Waals surface area (Å²) in [5.74, 6) is -0.115. The summed E-state index contributed by atoms with van der Waals surface area (Å²) >= 11 is 0. The average Bonchev–Trinajstić information content (AvgIpc) is 2.88. The van der Waals surface area contributed by atoms with Crippen LogP contribution >= 0.6 is 0 Å². The Hall–Kier alpha value is -2.11. The lowest BCUT2D eigenvalue weighted by atomic mass is 10.2. The Morgan fingerprint density at radius 3 is 3.06 bits per heavy atom. The van der Waals surface area contributed by atoms with E-state index in [0.717, 1.165) is 5.69 Å². The van der Waals surface area contributed by atoms with Gasteiger partial charge in [-0.2, -0.15) is 10.2 Å². The third-order valence-corrected chi connectivity index (χ3v) is 2.47. The fraction of sp³-hybridized carbons (Fsp3) is 0.364. The predicted molar refractivity (Wildman–Crippen MR) is 62.5 cm³/mol. The Kier molecular flexibility index (Phi) is 3.22. The van der Waals surface area contributed by atoms with Gasteiger partial charge in [-0.15, -0.1) is 0 Å². The minimum atomic E-state index is -0.115. The minimum absolute atomic E-state index is 0.0108. The van der Waals surface area contributed by atoms with Crippen LogP contribution in [0.5, 0.6) is 0 Å². The Balaban J connectivity index is 1.93. The molecule has 90 valence electrons. The molecule has 1 amide bonds. The number of rotatable bonds is 4. The molecule has 0 aliphatic carbocycles. The molecular formula is C11H15N5O. The number of carbonyl (C=O) groups is 1. The van der Waals surface area contributed by atoms with Gasteiger partial charge < -0.3 is 5.32 Å². The first kappa shape index (κ1) is 11.4. The normalized spacial score (nSPS) is 12.4. The third-order valence-electron chi connectivity index (χ3n) is 2.47. The molecule has 0 aliphatic rings. The second-order valence-electron chi connectivity index (χ2n) is 4.01. The Labute approximate surface area is 99.0 Å². The summed E-state index contributed by atoms with van der Waals surface area (Å²) in [5, 5.41) is 13.6. The quantitative estimate of drug-likeness (QED) is 0.817. The third kappa shape index (κ3) is 2.72. The summed E-state index contributed by atoms with van der Waals surface area (Å²) in [7, 11) is 0. The van der Waals surface area contributed by atoms with Crippen molar-refractivity contribution in [1.82, 2.24) is 25.3 Å². The van der Waals surface area contributed by atoms with Gasteiger partial charge in [-0.05, 0) is 19.9 Å². The van der Waals surface area contributed by atoms with Crippen LogP contribution in [0.2, 0.25) is 0 Å². The minimum Gasteiger partial charge on any atom is -0.348 e. The van der Waals surface area contributed by atoms with Gasteiger partial charge in [-0.3, -0.25) is 14.6 Å². The molecule has 2 aromatic heterocycles. The van der Waals surface area contributed by atoms with Gasteiger partial charge in [0.1, 0.15) is 0 Å². The van der Waals surface area contributed by atoms with Crippen molar-refractivity contribution >= 4 is 5.91 Å². The zero-order valence-electron chi connectivity index (χ0n) is 9.84. The highest BCUT2D eigenvalue weighted by atomic mass is 16.1. The zero-order valence-corrected chi connectivity index (χ0v) is 9.84. The number of amides is 1. The van der Waals surface area contributed by atoms with E-state index in [0.29, 0.717) is 12.1 Å². The highest BCUT2D eigenvalue weighted by molar-refractivity contribution is 5.95. The van der Waals surface area contributed by atoms with E-state index in [4.69, 9.17) is 0 Å². The van der Waals surface area contributed by atoms with E-state index in [1.54, 1.807) is 10.9 Å². The molecule has 2 aromatic rings. The number of hydrogen-bond acceptors (Lipinski definition) is 3. The van der Waals surface area contributed by atoms with E-state index in [9.17, 15) is 4.79 Å². The van der Waals surface area contributed by atoms with E-state index in [1.807, 2.05) is 26.1 Å². The second-order valence-corrected chi connectivity index (χ2v) is 4.01. The van der Waals surface area contributed by atoms with Crippen molar-refractivity contribution in [2.75, 3.05) is 0 Å². The molecule has 0 bridgehead atoms. The summed E-state index contributed by atoms with van der Waals surface area (Å²) < 4.78 is 1.78. The molecule has 2 rings (SSSR count). The van der Waals surface area contributed by atoms with Gasteiger partial charge in [0, 0.05) is 24.1 Å². The molecule has 0 spiro atoms. The Bertz CT molecular complexity index is 488. The number of hydrogen-bond donors (Lipinski definition) is 2. The molecular weight excluding hydrogens is 218 g/mol. The molecule has 6 heteroatoms. The summed E-state index contributed by atoms with van der Waals surface area (Å²) in [6, 6.07) is 1.87. The second kappa shape index (κ2) is 4.82. The molecule has 17 heavy (non-hydrogen) atoms. The molecule has 1 atom stereocenters. The molecule has 6 nitrogen and oxygen atoms in total. The number of aromatic nitrogens is 4. The predicted octanol–water partition coefficient (Wildman–Crippen LogP) is 0.733. The number of aryl methyl sites for hydroxylation is 1. The van der Waals surface area contributed by atoms with Crippen LogP contribution < -0.4 is 5.32 Å². The van der Waals surface area contributed by atoms with Crippen LogP contribution in [0.3, 0.4) is 0 Å². The maximum Gasteiger partial charge on any atom is 0.255 e. The van der Waals surface area contributed by atoms with Crippen LogP contribution in [0.25, 0.3) is 0 Å². The fourth-order valence-electron chi connectivity index (χ4n) is 1.62. The number of aromatic amines is 1. The number of H-pyrrole nitrogens is 1. The molecule has 0 aromatic carbocycles. The summed E-state index contributed by atoms with van der Waals surface area (Å²) in [4.78, 5) is 11.9. The number of nitrogens with one attached hydrogen (secondary N) is 2. The highest BCUT2D eigenvalue weighted by Crippen LogP contribution is 2.02. The van der Waals surface area contributed by atoms with E-state index < -0.39 is 0 Å². The van der Waals surface area contributed by atoms with Crippen molar-refractivity contribution in [2.24, 2.45) is 0 Å². The first-order valence-electron chi connectivity index (χ1n) is 5.45. The van der Waals surface area contributed by atoms with Crippen LogP contribution in [0.4, 0.5) is 0 Å². The average molecular weight is 233 g/mol. The molecule has 0 saturated heterocycles. The maximum atomic E-state index is 11.9. The van der Waals surface area contributed by atoms with Gasteiger partial charge in [-0.1, -0.05) is 0 Å². The van der Waals surface area contributed by atoms with Crippen LogP contribution in [0.1, 0.15) is 23.0 Å². The highest BCUT2D eigenvalue weighted by Gasteiger charge is 2.13.